The van der Waals surface area contributed by atoms with E-state index < -0.39 is 0 Å². The van der Waals surface area contributed by atoms with Gasteiger partial charge in [0, 0.05) is 18.0 Å². The number of methoxy groups -OCH3 is 1. The number of benzene rings is 2. The Bertz CT molecular complexity index is 1060. The number of hydrogen-bond donors (Lipinski definition) is 1. The molecule has 0 atom stereocenters. The Morgan fingerprint density at radius 1 is 1.13 bits per heavy atom. The van der Waals surface area contributed by atoms with Crippen LogP contribution in [0.4, 0.5) is 11.5 Å². The monoisotopic (exact) mass is 403 g/mol. The van der Waals surface area contributed by atoms with Crippen molar-refractivity contribution in [2.24, 2.45) is 0 Å². The molecular formula is C23H25N5O2. The molecule has 7 nitrogen and oxygen atoms in total. The van der Waals surface area contributed by atoms with Crippen LogP contribution >= 0.6 is 0 Å². The van der Waals surface area contributed by atoms with Crippen molar-refractivity contribution in [3.63, 3.8) is 0 Å². The Hall–Kier alpha value is -3.37. The Kier molecular flexibility index (Phi) is 6.26. The second-order valence-corrected chi connectivity index (χ2v) is 7.28. The van der Waals surface area contributed by atoms with E-state index >= 15 is 0 Å². The summed E-state index contributed by atoms with van der Waals surface area (Å²) in [4.78, 5) is 11.2. The molecule has 1 fully saturated rings. The third-order valence-electron chi connectivity index (χ3n) is 5.30. The lowest BCUT2D eigenvalue weighted by Gasteiger charge is -2.16. The second kappa shape index (κ2) is 9.42. The number of fused-ring (bicyclic) bond motifs is 1. The van der Waals surface area contributed by atoms with Crippen LogP contribution in [0.15, 0.2) is 42.7 Å². The van der Waals surface area contributed by atoms with E-state index in [4.69, 9.17) is 9.47 Å². The van der Waals surface area contributed by atoms with Gasteiger partial charge in [-0.1, -0.05) is 12.1 Å². The first-order valence-electron chi connectivity index (χ1n) is 10.2. The Morgan fingerprint density at radius 3 is 2.77 bits per heavy atom. The molecular weight excluding hydrogens is 378 g/mol. The van der Waals surface area contributed by atoms with Gasteiger partial charge in [-0.15, -0.1) is 0 Å². The van der Waals surface area contributed by atoms with Crippen LogP contribution in [0.5, 0.6) is 11.5 Å². The van der Waals surface area contributed by atoms with Crippen molar-refractivity contribution in [3.05, 3.63) is 48.3 Å². The van der Waals surface area contributed by atoms with Gasteiger partial charge in [-0.05, 0) is 50.6 Å². The number of anilines is 2. The van der Waals surface area contributed by atoms with E-state index in [-0.39, 0.29) is 0 Å². The van der Waals surface area contributed by atoms with Crippen molar-refractivity contribution in [1.29, 1.82) is 5.26 Å². The highest BCUT2D eigenvalue weighted by molar-refractivity contribution is 5.93. The lowest BCUT2D eigenvalue weighted by atomic mass is 10.1. The normalized spacial score (nSPS) is 13.9. The van der Waals surface area contributed by atoms with Crippen LogP contribution < -0.4 is 14.8 Å². The minimum absolute atomic E-state index is 0.550. The molecule has 7 heteroatoms. The van der Waals surface area contributed by atoms with E-state index in [2.05, 4.69) is 26.3 Å². The van der Waals surface area contributed by atoms with Crippen LogP contribution in [-0.2, 0) is 0 Å². The van der Waals surface area contributed by atoms with Crippen LogP contribution in [0.1, 0.15) is 24.8 Å². The third-order valence-corrected chi connectivity index (χ3v) is 5.30. The van der Waals surface area contributed by atoms with Gasteiger partial charge in [-0.3, -0.25) is 0 Å². The van der Waals surface area contributed by atoms with E-state index in [1.165, 1.54) is 32.3 Å². The highest BCUT2D eigenvalue weighted by Crippen LogP contribution is 2.35. The van der Waals surface area contributed by atoms with E-state index in [1.54, 1.807) is 13.2 Å². The molecule has 1 aliphatic rings. The maximum absolute atomic E-state index is 9.34. The minimum Gasteiger partial charge on any atom is -0.493 e. The topological polar surface area (TPSA) is 83.3 Å². The lowest BCUT2D eigenvalue weighted by molar-refractivity contribution is 0.254. The van der Waals surface area contributed by atoms with Crippen molar-refractivity contribution in [2.75, 3.05) is 38.7 Å². The van der Waals surface area contributed by atoms with Gasteiger partial charge < -0.3 is 19.7 Å². The Labute approximate surface area is 176 Å². The van der Waals surface area contributed by atoms with E-state index in [1.807, 2.05) is 30.3 Å². The molecule has 2 aromatic carbocycles. The average Bonchev–Trinajstić information content (AvgIpc) is 3.30. The molecule has 1 aliphatic heterocycles. The summed E-state index contributed by atoms with van der Waals surface area (Å²) in [5.41, 5.74) is 1.99. The number of para-hydroxylation sites is 1. The summed E-state index contributed by atoms with van der Waals surface area (Å²) in [7, 11) is 1.63. The summed E-state index contributed by atoms with van der Waals surface area (Å²) in [6, 6.07) is 13.3. The van der Waals surface area contributed by atoms with Crippen LogP contribution in [0, 0.1) is 11.3 Å². The summed E-state index contributed by atoms with van der Waals surface area (Å²) >= 11 is 0. The number of nitrogens with one attached hydrogen (secondary N) is 1. The second-order valence-electron chi connectivity index (χ2n) is 7.28. The molecule has 2 heterocycles. The molecule has 0 saturated carbocycles. The third kappa shape index (κ3) is 4.44. The predicted octanol–water partition coefficient (Wildman–Crippen LogP) is 4.12. The fourth-order valence-electron chi connectivity index (χ4n) is 3.73. The summed E-state index contributed by atoms with van der Waals surface area (Å²) in [5.74, 6) is 1.92. The van der Waals surface area contributed by atoms with Gasteiger partial charge in [0.25, 0.3) is 0 Å². The average molecular weight is 403 g/mol. The fraction of sp³-hybridized carbons (Fsp3) is 0.348. The molecule has 0 amide bonds. The minimum atomic E-state index is 0.550. The van der Waals surface area contributed by atoms with Crippen molar-refractivity contribution in [3.8, 4) is 17.6 Å². The molecule has 0 unspecified atom stereocenters. The maximum atomic E-state index is 9.34. The number of ether oxygens (including phenoxy) is 2. The van der Waals surface area contributed by atoms with E-state index in [0.717, 1.165) is 23.9 Å². The molecule has 1 N–H and O–H groups in total. The van der Waals surface area contributed by atoms with E-state index in [0.29, 0.717) is 35.2 Å². The summed E-state index contributed by atoms with van der Waals surface area (Å²) in [6.07, 6.45) is 5.08. The fourth-order valence-corrected chi connectivity index (χ4v) is 3.73. The van der Waals surface area contributed by atoms with Gasteiger partial charge in [-0.25, -0.2) is 9.97 Å². The largest absolute Gasteiger partial charge is 0.493 e. The molecule has 154 valence electrons. The summed E-state index contributed by atoms with van der Waals surface area (Å²) in [5, 5.41) is 13.4. The van der Waals surface area contributed by atoms with Crippen LogP contribution in [0.3, 0.4) is 0 Å². The summed E-state index contributed by atoms with van der Waals surface area (Å²) < 4.78 is 11.6. The Morgan fingerprint density at radius 2 is 1.97 bits per heavy atom. The first-order chi connectivity index (χ1) is 14.8. The zero-order valence-corrected chi connectivity index (χ0v) is 17.1. The lowest BCUT2D eigenvalue weighted by Crippen LogP contribution is -2.21. The van der Waals surface area contributed by atoms with Gasteiger partial charge in [0.15, 0.2) is 11.5 Å². The number of nitrogens with zero attached hydrogens (tertiary/aromatic N) is 4. The van der Waals surface area contributed by atoms with Crippen LogP contribution in [-0.4, -0.2) is 48.2 Å². The van der Waals surface area contributed by atoms with Gasteiger partial charge in [0.05, 0.1) is 30.5 Å². The number of aromatic nitrogens is 2. The number of hydrogen-bond acceptors (Lipinski definition) is 7. The van der Waals surface area contributed by atoms with Crippen molar-refractivity contribution < 1.29 is 9.47 Å². The molecule has 3 aromatic rings. The van der Waals surface area contributed by atoms with Gasteiger partial charge in [0.1, 0.15) is 18.2 Å². The molecule has 0 spiro atoms. The number of rotatable bonds is 8. The zero-order valence-electron chi connectivity index (χ0n) is 17.1. The van der Waals surface area contributed by atoms with E-state index in [9.17, 15) is 5.26 Å². The van der Waals surface area contributed by atoms with Gasteiger partial charge in [0.2, 0.25) is 0 Å². The molecule has 1 saturated heterocycles. The Balaban J connectivity index is 1.53. The quantitative estimate of drug-likeness (QED) is 0.567. The number of nitriles is 1. The smallest absolute Gasteiger partial charge is 0.163 e. The molecule has 0 bridgehead atoms. The standard InChI is InChI=1S/C23H25N5O2/c1-29-21-13-18-20(14-22(21)30-12-6-11-28-9-4-5-10-28)25-16-26-23(18)27-19-8-3-2-7-17(19)15-24/h2-3,7-8,13-14,16H,4-6,9-12H2,1H3,(H,25,26,27). The summed E-state index contributed by atoms with van der Waals surface area (Å²) in [6.45, 7) is 4.08. The first-order valence-corrected chi connectivity index (χ1v) is 10.2. The van der Waals surface area contributed by atoms with Crippen LogP contribution in [0.25, 0.3) is 10.9 Å². The molecule has 4 rings (SSSR count). The maximum Gasteiger partial charge on any atom is 0.163 e. The first kappa shape index (κ1) is 19.9. The predicted molar refractivity (Wildman–Crippen MR) is 116 cm³/mol. The highest BCUT2D eigenvalue weighted by atomic mass is 16.5. The molecule has 0 radical (unpaired) electrons. The molecule has 1 aromatic heterocycles. The van der Waals surface area contributed by atoms with Crippen molar-refractivity contribution in [1.82, 2.24) is 14.9 Å². The highest BCUT2D eigenvalue weighted by Gasteiger charge is 2.14. The zero-order chi connectivity index (χ0) is 20.8. The van der Waals surface area contributed by atoms with Crippen molar-refractivity contribution in [2.45, 2.75) is 19.3 Å². The van der Waals surface area contributed by atoms with Gasteiger partial charge in [-0.2, -0.15) is 5.26 Å². The number of likely N-dealkylation sites (tertiary alicyclic amines) is 1. The molecule has 0 aliphatic carbocycles. The van der Waals surface area contributed by atoms with Crippen LogP contribution in [0.2, 0.25) is 0 Å². The van der Waals surface area contributed by atoms with Crippen molar-refractivity contribution >= 4 is 22.4 Å². The molecule has 30 heavy (non-hydrogen) atoms. The SMILES string of the molecule is COc1cc2c(Nc3ccccc3C#N)ncnc2cc1OCCCN1CCCC1. The van der Waals surface area contributed by atoms with Gasteiger partial charge >= 0.3 is 0 Å².